The Morgan fingerprint density at radius 3 is 2.44 bits per heavy atom. The van der Waals surface area contributed by atoms with Crippen LogP contribution < -0.4 is 9.64 Å². The molecule has 2 aromatic carbocycles. The van der Waals surface area contributed by atoms with Gasteiger partial charge in [0.1, 0.15) is 17.0 Å². The molecule has 2 amide bonds. The summed E-state index contributed by atoms with van der Waals surface area (Å²) in [4.78, 5) is 37.7. The lowest BCUT2D eigenvalue weighted by Crippen LogP contribution is -2.33. The summed E-state index contributed by atoms with van der Waals surface area (Å²) in [6.07, 6.45) is 7.71. The zero-order chi connectivity index (χ0) is 24.6. The van der Waals surface area contributed by atoms with Gasteiger partial charge in [0.05, 0.1) is 23.4 Å². The van der Waals surface area contributed by atoms with Gasteiger partial charge >= 0.3 is 0 Å². The summed E-state index contributed by atoms with van der Waals surface area (Å²) < 4.78 is 12.1. The van der Waals surface area contributed by atoms with E-state index in [0.717, 1.165) is 18.4 Å². The summed E-state index contributed by atoms with van der Waals surface area (Å²) in [6.45, 7) is 0.0710. The van der Waals surface area contributed by atoms with E-state index in [1.165, 1.54) is 24.2 Å². The molecule has 182 valence electrons. The monoisotopic (exact) mass is 482 g/mol. The molecule has 1 fully saturated rings. The zero-order valence-corrected chi connectivity index (χ0v) is 20.0. The number of oxazole rings is 1. The lowest BCUT2D eigenvalue weighted by atomic mass is 9.95. The van der Waals surface area contributed by atoms with Gasteiger partial charge in [0.15, 0.2) is 5.58 Å². The van der Waals surface area contributed by atoms with E-state index in [1.54, 1.807) is 42.6 Å². The maximum atomic E-state index is 12.7. The molecule has 8 nitrogen and oxygen atoms in total. The van der Waals surface area contributed by atoms with E-state index in [-0.39, 0.29) is 18.4 Å². The number of rotatable bonds is 6. The van der Waals surface area contributed by atoms with Crippen LogP contribution >= 0.6 is 0 Å². The summed E-state index contributed by atoms with van der Waals surface area (Å²) in [5, 5.41) is 0. The number of carbonyl (C=O) groups is 2. The van der Waals surface area contributed by atoms with Crippen LogP contribution in [0.5, 0.6) is 11.5 Å². The zero-order valence-electron chi connectivity index (χ0n) is 20.0. The number of hydrogen-bond acceptors (Lipinski definition) is 7. The number of imide groups is 1. The maximum absolute atomic E-state index is 12.7. The Morgan fingerprint density at radius 1 is 0.972 bits per heavy atom. The Kier molecular flexibility index (Phi) is 5.64. The summed E-state index contributed by atoms with van der Waals surface area (Å²) in [5.41, 5.74) is 2.83. The van der Waals surface area contributed by atoms with E-state index in [1.807, 2.05) is 25.2 Å². The second-order valence-electron chi connectivity index (χ2n) is 9.36. The highest BCUT2D eigenvalue weighted by atomic mass is 16.5. The van der Waals surface area contributed by atoms with Crippen LogP contribution in [0.25, 0.3) is 11.1 Å². The van der Waals surface area contributed by atoms with Gasteiger partial charge in [-0.25, -0.2) is 0 Å². The SMILES string of the molecule is CN(c1nc2ccc(Oc3ccnc(CN4C(=O)c5ccccc5C4=O)c3)cc2o1)C1CCCCC1. The Labute approximate surface area is 208 Å². The number of hydrogen-bond donors (Lipinski definition) is 0. The van der Waals surface area contributed by atoms with Crippen molar-refractivity contribution >= 4 is 28.9 Å². The van der Waals surface area contributed by atoms with E-state index < -0.39 is 0 Å². The number of anilines is 1. The fourth-order valence-corrected chi connectivity index (χ4v) is 5.02. The van der Waals surface area contributed by atoms with Crippen LogP contribution in [0.2, 0.25) is 0 Å². The maximum Gasteiger partial charge on any atom is 0.298 e. The van der Waals surface area contributed by atoms with E-state index in [9.17, 15) is 9.59 Å². The third kappa shape index (κ3) is 4.08. The second-order valence-corrected chi connectivity index (χ2v) is 9.36. The Morgan fingerprint density at radius 2 is 1.69 bits per heavy atom. The van der Waals surface area contributed by atoms with E-state index in [2.05, 4.69) is 14.9 Å². The van der Waals surface area contributed by atoms with Gasteiger partial charge in [0.25, 0.3) is 17.8 Å². The highest BCUT2D eigenvalue weighted by Gasteiger charge is 2.35. The average Bonchev–Trinajstić information content (AvgIpc) is 3.44. The Hall–Kier alpha value is -4.20. The molecule has 0 radical (unpaired) electrons. The number of nitrogens with zero attached hydrogens (tertiary/aromatic N) is 4. The molecule has 6 rings (SSSR count). The molecule has 1 saturated carbocycles. The number of amides is 2. The van der Waals surface area contributed by atoms with Crippen molar-refractivity contribution in [2.24, 2.45) is 0 Å². The molecule has 0 bridgehead atoms. The fourth-order valence-electron chi connectivity index (χ4n) is 5.02. The molecule has 0 atom stereocenters. The standard InChI is InChI=1S/C28H26N4O4/c1-31(19-7-3-2-4-8-19)28-30-24-12-11-20(16-25(24)36-28)35-21-13-14-29-18(15-21)17-32-26(33)22-9-5-6-10-23(22)27(32)34/h5-6,9-16,19H,2-4,7-8,17H2,1H3. The molecule has 4 aromatic rings. The molecule has 36 heavy (non-hydrogen) atoms. The normalized spacial score (nSPS) is 16.0. The average molecular weight is 483 g/mol. The van der Waals surface area contributed by atoms with Gasteiger partial charge in [-0.3, -0.25) is 19.5 Å². The van der Waals surface area contributed by atoms with Gasteiger partial charge in [-0.1, -0.05) is 31.4 Å². The minimum atomic E-state index is -0.312. The summed E-state index contributed by atoms with van der Waals surface area (Å²) in [6, 6.07) is 16.9. The number of ether oxygens (including phenoxy) is 1. The number of aromatic nitrogens is 2. The van der Waals surface area contributed by atoms with Crippen LogP contribution in [-0.4, -0.2) is 39.8 Å². The highest BCUT2D eigenvalue weighted by molar-refractivity contribution is 6.21. The van der Waals surface area contributed by atoms with Crippen molar-refractivity contribution in [1.29, 1.82) is 0 Å². The first-order chi connectivity index (χ1) is 17.6. The van der Waals surface area contributed by atoms with Crippen LogP contribution in [0.4, 0.5) is 6.01 Å². The van der Waals surface area contributed by atoms with Crippen molar-refractivity contribution in [2.75, 3.05) is 11.9 Å². The molecule has 0 N–H and O–H groups in total. The molecule has 1 aliphatic heterocycles. The first kappa shape index (κ1) is 22.3. The molecule has 0 unspecified atom stereocenters. The fraction of sp³-hybridized carbons (Fsp3) is 0.286. The van der Waals surface area contributed by atoms with Crippen LogP contribution in [0.1, 0.15) is 58.5 Å². The van der Waals surface area contributed by atoms with Crippen LogP contribution in [0.3, 0.4) is 0 Å². The van der Waals surface area contributed by atoms with E-state index in [0.29, 0.717) is 46.0 Å². The molecule has 3 heterocycles. The number of pyridine rings is 1. The summed E-state index contributed by atoms with van der Waals surface area (Å²) in [7, 11) is 2.05. The van der Waals surface area contributed by atoms with E-state index in [4.69, 9.17) is 9.15 Å². The van der Waals surface area contributed by atoms with Gasteiger partial charge in [0.2, 0.25) is 0 Å². The third-order valence-electron chi connectivity index (χ3n) is 6.99. The van der Waals surface area contributed by atoms with Gasteiger partial charge in [-0.15, -0.1) is 0 Å². The third-order valence-corrected chi connectivity index (χ3v) is 6.99. The molecule has 2 aromatic heterocycles. The van der Waals surface area contributed by atoms with Gasteiger partial charge in [-0.05, 0) is 43.2 Å². The minimum absolute atomic E-state index is 0.0710. The lowest BCUT2D eigenvalue weighted by molar-refractivity contribution is 0.0640. The second kappa shape index (κ2) is 9.11. The van der Waals surface area contributed by atoms with Crippen LogP contribution in [0, 0.1) is 0 Å². The number of fused-ring (bicyclic) bond motifs is 2. The molecule has 0 spiro atoms. The largest absolute Gasteiger partial charge is 0.457 e. The van der Waals surface area contributed by atoms with Gasteiger partial charge in [0, 0.05) is 31.4 Å². The van der Waals surface area contributed by atoms with E-state index >= 15 is 0 Å². The molecule has 1 aliphatic carbocycles. The minimum Gasteiger partial charge on any atom is -0.457 e. The predicted molar refractivity (Wildman–Crippen MR) is 134 cm³/mol. The van der Waals surface area contributed by atoms with Gasteiger partial charge in [-0.2, -0.15) is 4.98 Å². The first-order valence-electron chi connectivity index (χ1n) is 12.3. The smallest absolute Gasteiger partial charge is 0.298 e. The molecular weight excluding hydrogens is 456 g/mol. The molecule has 2 aliphatic rings. The van der Waals surface area contributed by atoms with Crippen molar-refractivity contribution in [3.63, 3.8) is 0 Å². The Bertz CT molecular complexity index is 1420. The van der Waals surface area contributed by atoms with Crippen molar-refractivity contribution in [1.82, 2.24) is 14.9 Å². The number of benzene rings is 2. The van der Waals surface area contributed by atoms with Crippen LogP contribution in [0.15, 0.2) is 65.2 Å². The lowest BCUT2D eigenvalue weighted by Gasteiger charge is -2.29. The molecular formula is C28H26N4O4. The first-order valence-corrected chi connectivity index (χ1v) is 12.3. The highest BCUT2D eigenvalue weighted by Crippen LogP contribution is 2.31. The number of carbonyl (C=O) groups excluding carboxylic acids is 2. The quantitative estimate of drug-likeness (QED) is 0.332. The van der Waals surface area contributed by atoms with Gasteiger partial charge < -0.3 is 14.1 Å². The predicted octanol–water partition coefficient (Wildman–Crippen LogP) is 5.58. The van der Waals surface area contributed by atoms with Crippen molar-refractivity contribution in [3.8, 4) is 11.5 Å². The van der Waals surface area contributed by atoms with Crippen molar-refractivity contribution in [2.45, 2.75) is 44.7 Å². The molecule has 0 saturated heterocycles. The topological polar surface area (TPSA) is 88.8 Å². The summed E-state index contributed by atoms with van der Waals surface area (Å²) in [5.74, 6) is 0.528. The Balaban J connectivity index is 1.18. The summed E-state index contributed by atoms with van der Waals surface area (Å²) >= 11 is 0. The van der Waals surface area contributed by atoms with Crippen molar-refractivity contribution < 1.29 is 18.7 Å². The van der Waals surface area contributed by atoms with Crippen LogP contribution in [-0.2, 0) is 6.54 Å². The van der Waals surface area contributed by atoms with Crippen molar-refractivity contribution in [3.05, 3.63) is 77.6 Å². The molecule has 8 heteroatoms.